The number of amides is 1. The van der Waals surface area contributed by atoms with Crippen molar-refractivity contribution >= 4 is 5.91 Å². The fourth-order valence-corrected chi connectivity index (χ4v) is 2.57. The summed E-state index contributed by atoms with van der Waals surface area (Å²) in [7, 11) is 0. The lowest BCUT2D eigenvalue weighted by atomic mass is 10.2. The number of nitrogens with zero attached hydrogens (tertiary/aromatic N) is 2. The molecule has 1 atom stereocenters. The van der Waals surface area contributed by atoms with Crippen molar-refractivity contribution in [1.82, 2.24) is 14.9 Å². The molecular formula is C17H21N3O3. The van der Waals surface area contributed by atoms with Gasteiger partial charge in [0.2, 0.25) is 5.91 Å². The van der Waals surface area contributed by atoms with Crippen LogP contribution in [0.2, 0.25) is 0 Å². The molecule has 0 bridgehead atoms. The first-order valence-electron chi connectivity index (χ1n) is 7.81. The van der Waals surface area contributed by atoms with Crippen molar-refractivity contribution in [3.8, 4) is 5.75 Å². The fraction of sp³-hybridized carbons (Fsp3) is 0.412. The average molecular weight is 315 g/mol. The van der Waals surface area contributed by atoms with Crippen LogP contribution < -0.4 is 4.74 Å². The molecule has 1 aliphatic rings. The molecule has 6 nitrogen and oxygen atoms in total. The van der Waals surface area contributed by atoms with E-state index in [0.29, 0.717) is 32.7 Å². The summed E-state index contributed by atoms with van der Waals surface area (Å²) in [6, 6.07) is 9.52. The van der Waals surface area contributed by atoms with Crippen molar-refractivity contribution in [3.05, 3.63) is 48.0 Å². The van der Waals surface area contributed by atoms with E-state index < -0.39 is 0 Å². The maximum atomic E-state index is 12.3. The molecule has 0 unspecified atom stereocenters. The molecule has 122 valence electrons. The zero-order chi connectivity index (χ0) is 16.1. The normalized spacial score (nSPS) is 18.0. The maximum absolute atomic E-state index is 12.3. The third-order valence-corrected chi connectivity index (χ3v) is 3.77. The summed E-state index contributed by atoms with van der Waals surface area (Å²) >= 11 is 0. The highest BCUT2D eigenvalue weighted by atomic mass is 16.5. The van der Waals surface area contributed by atoms with Gasteiger partial charge in [0, 0.05) is 18.4 Å². The number of H-pyrrole nitrogens is 1. The van der Waals surface area contributed by atoms with Gasteiger partial charge in [-0.3, -0.25) is 4.79 Å². The summed E-state index contributed by atoms with van der Waals surface area (Å²) in [6.07, 6.45) is 1.95. The largest absolute Gasteiger partial charge is 0.493 e. The molecule has 0 saturated carbocycles. The Morgan fingerprint density at radius 3 is 3.00 bits per heavy atom. The van der Waals surface area contributed by atoms with Gasteiger partial charge in [-0.05, 0) is 19.1 Å². The number of ether oxygens (including phenoxy) is 2. The van der Waals surface area contributed by atoms with Crippen LogP contribution in [0.4, 0.5) is 0 Å². The summed E-state index contributed by atoms with van der Waals surface area (Å²) in [6.45, 7) is 3.99. The van der Waals surface area contributed by atoms with E-state index in [1.807, 2.05) is 42.2 Å². The van der Waals surface area contributed by atoms with Crippen molar-refractivity contribution in [3.63, 3.8) is 0 Å². The first-order valence-corrected chi connectivity index (χ1v) is 7.81. The van der Waals surface area contributed by atoms with E-state index in [9.17, 15) is 4.79 Å². The number of nitrogens with one attached hydrogen (secondary N) is 1. The van der Waals surface area contributed by atoms with Gasteiger partial charge >= 0.3 is 0 Å². The van der Waals surface area contributed by atoms with E-state index in [1.54, 1.807) is 6.20 Å². The summed E-state index contributed by atoms with van der Waals surface area (Å²) in [5.74, 6) is 1.64. The Bertz CT molecular complexity index is 642. The lowest BCUT2D eigenvalue weighted by molar-refractivity contribution is -0.139. The fourth-order valence-electron chi connectivity index (χ4n) is 2.57. The molecule has 1 amide bonds. The average Bonchev–Trinajstić information content (AvgIpc) is 3.02. The highest BCUT2D eigenvalue weighted by Crippen LogP contribution is 2.20. The van der Waals surface area contributed by atoms with Gasteiger partial charge in [0.25, 0.3) is 0 Å². The smallest absolute Gasteiger partial charge is 0.226 e. The summed E-state index contributed by atoms with van der Waals surface area (Å²) in [5, 5.41) is 0. The van der Waals surface area contributed by atoms with E-state index in [1.165, 1.54) is 0 Å². The summed E-state index contributed by atoms with van der Waals surface area (Å²) in [5.41, 5.74) is 0.989. The number of morpholine rings is 1. The number of carbonyl (C=O) groups excluding carboxylic acids is 1. The van der Waals surface area contributed by atoms with Gasteiger partial charge in [-0.1, -0.05) is 18.2 Å². The highest BCUT2D eigenvalue weighted by molar-refractivity contribution is 5.76. The van der Waals surface area contributed by atoms with Gasteiger partial charge < -0.3 is 19.4 Å². The van der Waals surface area contributed by atoms with Crippen LogP contribution in [0.5, 0.6) is 5.75 Å². The Kier molecular flexibility index (Phi) is 4.92. The van der Waals surface area contributed by atoms with Gasteiger partial charge in [0.1, 0.15) is 17.7 Å². The molecule has 0 aliphatic carbocycles. The quantitative estimate of drug-likeness (QED) is 0.917. The first kappa shape index (κ1) is 15.6. The van der Waals surface area contributed by atoms with Gasteiger partial charge in [-0.25, -0.2) is 4.98 Å². The van der Waals surface area contributed by atoms with E-state index in [2.05, 4.69) is 9.97 Å². The summed E-state index contributed by atoms with van der Waals surface area (Å²) < 4.78 is 11.3. The second-order valence-electron chi connectivity index (χ2n) is 5.56. The highest BCUT2D eigenvalue weighted by Gasteiger charge is 2.26. The second-order valence-corrected chi connectivity index (χ2v) is 5.56. The molecule has 1 fully saturated rings. The Balaban J connectivity index is 1.49. The number of aryl methyl sites for hydroxylation is 1. The van der Waals surface area contributed by atoms with E-state index in [-0.39, 0.29) is 12.0 Å². The maximum Gasteiger partial charge on any atom is 0.226 e. The van der Waals surface area contributed by atoms with Crippen LogP contribution in [-0.2, 0) is 9.53 Å². The Morgan fingerprint density at radius 1 is 1.43 bits per heavy atom. The zero-order valence-corrected chi connectivity index (χ0v) is 13.2. The number of hydrogen-bond acceptors (Lipinski definition) is 4. The number of aromatic amines is 1. The van der Waals surface area contributed by atoms with E-state index >= 15 is 0 Å². The number of para-hydroxylation sites is 1. The SMILES string of the molecule is Cc1cnc([C@@H]2CN(C(=O)CCOc3ccccc3)CCO2)[nH]1. The third kappa shape index (κ3) is 4.10. The number of imidazole rings is 1. The minimum absolute atomic E-state index is 0.0810. The molecule has 3 rings (SSSR count). The molecule has 23 heavy (non-hydrogen) atoms. The van der Waals surface area contributed by atoms with E-state index in [0.717, 1.165) is 17.3 Å². The molecule has 2 heterocycles. The lowest BCUT2D eigenvalue weighted by Crippen LogP contribution is -2.42. The Hall–Kier alpha value is -2.34. The predicted molar refractivity (Wildman–Crippen MR) is 85.2 cm³/mol. The van der Waals surface area contributed by atoms with Crippen molar-refractivity contribution < 1.29 is 14.3 Å². The molecule has 1 aliphatic heterocycles. The minimum atomic E-state index is -0.184. The van der Waals surface area contributed by atoms with Crippen LogP contribution in [0.15, 0.2) is 36.5 Å². The van der Waals surface area contributed by atoms with Gasteiger partial charge in [-0.15, -0.1) is 0 Å². The Morgan fingerprint density at radius 2 is 2.26 bits per heavy atom. The van der Waals surface area contributed by atoms with Crippen molar-refractivity contribution in [1.29, 1.82) is 0 Å². The van der Waals surface area contributed by atoms with E-state index in [4.69, 9.17) is 9.47 Å². The Labute approximate surface area is 135 Å². The van der Waals surface area contributed by atoms with Crippen molar-refractivity contribution in [2.75, 3.05) is 26.3 Å². The van der Waals surface area contributed by atoms with Gasteiger partial charge in [-0.2, -0.15) is 0 Å². The number of benzene rings is 1. The molecule has 0 spiro atoms. The monoisotopic (exact) mass is 315 g/mol. The van der Waals surface area contributed by atoms with Crippen molar-refractivity contribution in [2.24, 2.45) is 0 Å². The second kappa shape index (κ2) is 7.28. The topological polar surface area (TPSA) is 67.5 Å². The third-order valence-electron chi connectivity index (χ3n) is 3.77. The molecule has 1 aromatic carbocycles. The van der Waals surface area contributed by atoms with Crippen LogP contribution in [0.25, 0.3) is 0 Å². The van der Waals surface area contributed by atoms with Crippen LogP contribution in [0, 0.1) is 6.92 Å². The zero-order valence-electron chi connectivity index (χ0n) is 13.2. The van der Waals surface area contributed by atoms with Crippen LogP contribution in [0.1, 0.15) is 24.0 Å². The van der Waals surface area contributed by atoms with Gasteiger partial charge in [0.05, 0.1) is 26.2 Å². The summed E-state index contributed by atoms with van der Waals surface area (Å²) in [4.78, 5) is 21.6. The van der Waals surface area contributed by atoms with Gasteiger partial charge in [0.15, 0.2) is 0 Å². The van der Waals surface area contributed by atoms with Crippen molar-refractivity contribution in [2.45, 2.75) is 19.4 Å². The molecule has 1 saturated heterocycles. The molecular weight excluding hydrogens is 294 g/mol. The minimum Gasteiger partial charge on any atom is -0.493 e. The molecule has 1 N–H and O–H groups in total. The van der Waals surface area contributed by atoms with Crippen LogP contribution in [-0.4, -0.2) is 47.1 Å². The number of hydrogen-bond donors (Lipinski definition) is 1. The molecule has 6 heteroatoms. The van der Waals surface area contributed by atoms with Crippen LogP contribution >= 0.6 is 0 Å². The van der Waals surface area contributed by atoms with Crippen LogP contribution in [0.3, 0.4) is 0 Å². The number of aromatic nitrogens is 2. The lowest BCUT2D eigenvalue weighted by Gasteiger charge is -2.32. The standard InChI is InChI=1S/C17H21N3O3/c1-13-11-18-17(19-13)15-12-20(8-10-23-15)16(21)7-9-22-14-5-3-2-4-6-14/h2-6,11,15H,7-10,12H2,1H3,(H,18,19)/t15-/m0/s1. The number of rotatable bonds is 5. The number of carbonyl (C=O) groups is 1. The molecule has 2 aromatic rings. The predicted octanol–water partition coefficient (Wildman–Crippen LogP) is 2.09. The molecule has 0 radical (unpaired) electrons. The molecule has 1 aromatic heterocycles. The first-order chi connectivity index (χ1) is 11.2.